The van der Waals surface area contributed by atoms with Gasteiger partial charge in [-0.15, -0.1) is 11.3 Å². The highest BCUT2D eigenvalue weighted by Crippen LogP contribution is 2.40. The number of rotatable bonds is 6. The first-order chi connectivity index (χ1) is 12.7. The molecule has 1 fully saturated rings. The molecule has 1 saturated carbocycles. The van der Waals surface area contributed by atoms with Crippen molar-refractivity contribution < 1.29 is 4.79 Å². The smallest absolute Gasteiger partial charge is 0.224 e. The first-order valence-electron chi connectivity index (χ1n) is 9.93. The Labute approximate surface area is 161 Å². The van der Waals surface area contributed by atoms with E-state index in [0.29, 0.717) is 18.4 Å². The van der Waals surface area contributed by atoms with Crippen molar-refractivity contribution in [2.75, 3.05) is 26.7 Å². The number of guanidine groups is 1. The second-order valence-corrected chi connectivity index (χ2v) is 8.60. The average Bonchev–Trinajstić information content (AvgIpc) is 3.33. The van der Waals surface area contributed by atoms with Crippen LogP contribution >= 0.6 is 11.3 Å². The normalized spacial score (nSPS) is 19.3. The van der Waals surface area contributed by atoms with Crippen molar-refractivity contribution in [3.63, 3.8) is 0 Å². The summed E-state index contributed by atoms with van der Waals surface area (Å²) in [5.41, 5.74) is 1.75. The fraction of sp³-hybridized carbons (Fsp3) is 0.700. The zero-order valence-corrected chi connectivity index (χ0v) is 17.0. The zero-order chi connectivity index (χ0) is 18.4. The van der Waals surface area contributed by atoms with Crippen molar-refractivity contribution in [1.82, 2.24) is 15.5 Å². The summed E-state index contributed by atoms with van der Waals surface area (Å²) >= 11 is 1.81. The summed E-state index contributed by atoms with van der Waals surface area (Å²) in [5.74, 6) is 1.04. The van der Waals surface area contributed by atoms with Gasteiger partial charge >= 0.3 is 0 Å². The van der Waals surface area contributed by atoms with Crippen LogP contribution in [0.4, 0.5) is 0 Å². The molecule has 0 radical (unpaired) electrons. The molecule has 0 atom stereocenters. The molecule has 0 unspecified atom stereocenters. The highest BCUT2D eigenvalue weighted by atomic mass is 32.1. The van der Waals surface area contributed by atoms with Gasteiger partial charge < -0.3 is 15.5 Å². The minimum atomic E-state index is 0.227. The average molecular weight is 377 g/mol. The molecule has 0 bridgehead atoms. The van der Waals surface area contributed by atoms with Gasteiger partial charge in [-0.2, -0.15) is 0 Å². The SMILES string of the molecule is CCC1(CNC(=NC)NCCC(=O)N2CCc3sccc3C2)CCCC1. The van der Waals surface area contributed by atoms with E-state index < -0.39 is 0 Å². The third-order valence-electron chi connectivity index (χ3n) is 6.06. The molecule has 26 heavy (non-hydrogen) atoms. The number of thiophene rings is 1. The standard InChI is InChI=1S/C20H32N4OS/c1-3-20(9-4-5-10-20)15-23-19(21-2)22-11-6-18(25)24-12-7-17-16(14-24)8-13-26-17/h8,13H,3-7,9-12,14-15H2,1-2H3,(H2,21,22,23). The highest BCUT2D eigenvalue weighted by Gasteiger charge is 2.31. The Bertz CT molecular complexity index is 634. The molecule has 144 valence electrons. The molecular formula is C20H32N4OS. The van der Waals surface area contributed by atoms with Crippen LogP contribution in [0.3, 0.4) is 0 Å². The van der Waals surface area contributed by atoms with E-state index in [9.17, 15) is 4.79 Å². The maximum absolute atomic E-state index is 12.5. The van der Waals surface area contributed by atoms with Gasteiger partial charge in [-0.05, 0) is 48.1 Å². The van der Waals surface area contributed by atoms with Gasteiger partial charge in [0.2, 0.25) is 5.91 Å². The van der Waals surface area contributed by atoms with E-state index in [4.69, 9.17) is 0 Å². The van der Waals surface area contributed by atoms with Crippen LogP contribution in [0, 0.1) is 5.41 Å². The molecular weight excluding hydrogens is 344 g/mol. The molecule has 0 aromatic carbocycles. The number of hydrogen-bond donors (Lipinski definition) is 2. The van der Waals surface area contributed by atoms with E-state index in [1.807, 2.05) is 4.90 Å². The molecule has 1 amide bonds. The van der Waals surface area contributed by atoms with Crippen LogP contribution < -0.4 is 10.6 Å². The van der Waals surface area contributed by atoms with Gasteiger partial charge in [0, 0.05) is 44.5 Å². The molecule has 0 saturated heterocycles. The molecule has 2 aliphatic rings. The van der Waals surface area contributed by atoms with E-state index in [0.717, 1.165) is 32.0 Å². The lowest BCUT2D eigenvalue weighted by molar-refractivity contribution is -0.131. The van der Waals surface area contributed by atoms with Crippen molar-refractivity contribution in [2.24, 2.45) is 10.4 Å². The molecule has 3 rings (SSSR count). The minimum absolute atomic E-state index is 0.227. The summed E-state index contributed by atoms with van der Waals surface area (Å²) in [6, 6.07) is 2.15. The Balaban J connectivity index is 1.40. The number of nitrogens with zero attached hydrogens (tertiary/aromatic N) is 2. The van der Waals surface area contributed by atoms with Crippen LogP contribution in [0.25, 0.3) is 0 Å². The zero-order valence-electron chi connectivity index (χ0n) is 16.1. The largest absolute Gasteiger partial charge is 0.356 e. The number of nitrogens with one attached hydrogen (secondary N) is 2. The van der Waals surface area contributed by atoms with E-state index in [1.165, 1.54) is 42.5 Å². The lowest BCUT2D eigenvalue weighted by atomic mass is 9.83. The summed E-state index contributed by atoms with van der Waals surface area (Å²) in [4.78, 5) is 20.2. The molecule has 1 aromatic heterocycles. The maximum atomic E-state index is 12.5. The number of amides is 1. The lowest BCUT2D eigenvalue weighted by Gasteiger charge is -2.29. The second-order valence-electron chi connectivity index (χ2n) is 7.60. The van der Waals surface area contributed by atoms with E-state index >= 15 is 0 Å². The fourth-order valence-corrected chi connectivity index (χ4v) is 5.07. The van der Waals surface area contributed by atoms with E-state index in [1.54, 1.807) is 18.4 Å². The van der Waals surface area contributed by atoms with Crippen LogP contribution in [-0.2, 0) is 17.8 Å². The van der Waals surface area contributed by atoms with Crippen LogP contribution in [-0.4, -0.2) is 43.4 Å². The molecule has 1 aliphatic heterocycles. The molecule has 2 N–H and O–H groups in total. The summed E-state index contributed by atoms with van der Waals surface area (Å²) in [6.07, 6.45) is 8.04. The van der Waals surface area contributed by atoms with Crippen molar-refractivity contribution in [3.05, 3.63) is 21.9 Å². The van der Waals surface area contributed by atoms with Gasteiger partial charge in [-0.3, -0.25) is 9.79 Å². The molecule has 1 aromatic rings. The van der Waals surface area contributed by atoms with E-state index in [-0.39, 0.29) is 5.91 Å². The summed E-state index contributed by atoms with van der Waals surface area (Å²) < 4.78 is 0. The van der Waals surface area contributed by atoms with Gasteiger partial charge in [0.1, 0.15) is 0 Å². The van der Waals surface area contributed by atoms with Crippen molar-refractivity contribution >= 4 is 23.2 Å². The molecule has 1 aliphatic carbocycles. The van der Waals surface area contributed by atoms with E-state index in [2.05, 4.69) is 34.0 Å². The predicted octanol–water partition coefficient (Wildman–Crippen LogP) is 3.16. The summed E-state index contributed by atoms with van der Waals surface area (Å²) in [6.45, 7) is 5.51. The first kappa shape index (κ1) is 19.2. The molecule has 0 spiro atoms. The topological polar surface area (TPSA) is 56.7 Å². The highest BCUT2D eigenvalue weighted by molar-refractivity contribution is 7.10. The number of carbonyl (C=O) groups excluding carboxylic acids is 1. The van der Waals surface area contributed by atoms with Crippen LogP contribution in [0.2, 0.25) is 0 Å². The number of hydrogen-bond acceptors (Lipinski definition) is 3. The Morgan fingerprint density at radius 2 is 2.15 bits per heavy atom. The number of aliphatic imine (C=N–C) groups is 1. The third kappa shape index (κ3) is 4.58. The van der Waals surface area contributed by atoms with Crippen molar-refractivity contribution in [3.8, 4) is 0 Å². The Morgan fingerprint density at radius 1 is 1.35 bits per heavy atom. The quantitative estimate of drug-likeness (QED) is 0.592. The van der Waals surface area contributed by atoms with Crippen molar-refractivity contribution in [2.45, 2.75) is 58.4 Å². The molecule has 6 heteroatoms. The summed E-state index contributed by atoms with van der Waals surface area (Å²) in [7, 11) is 1.80. The van der Waals surface area contributed by atoms with Gasteiger partial charge in [0.25, 0.3) is 0 Å². The number of fused-ring (bicyclic) bond motifs is 1. The summed E-state index contributed by atoms with van der Waals surface area (Å²) in [5, 5.41) is 8.92. The van der Waals surface area contributed by atoms with Gasteiger partial charge in [-0.25, -0.2) is 0 Å². The number of carbonyl (C=O) groups is 1. The predicted molar refractivity (Wildman–Crippen MR) is 109 cm³/mol. The second kappa shape index (κ2) is 8.89. The van der Waals surface area contributed by atoms with Crippen LogP contribution in [0.1, 0.15) is 55.9 Å². The fourth-order valence-electron chi connectivity index (χ4n) is 4.18. The van der Waals surface area contributed by atoms with Gasteiger partial charge in [-0.1, -0.05) is 19.8 Å². The van der Waals surface area contributed by atoms with Crippen molar-refractivity contribution in [1.29, 1.82) is 0 Å². The lowest BCUT2D eigenvalue weighted by Crippen LogP contribution is -2.44. The third-order valence-corrected chi connectivity index (χ3v) is 7.08. The van der Waals surface area contributed by atoms with Gasteiger partial charge in [0.15, 0.2) is 5.96 Å². The Kier molecular flexibility index (Phi) is 6.57. The minimum Gasteiger partial charge on any atom is -0.356 e. The molecule has 2 heterocycles. The van der Waals surface area contributed by atoms with Crippen LogP contribution in [0.5, 0.6) is 0 Å². The van der Waals surface area contributed by atoms with Crippen LogP contribution in [0.15, 0.2) is 16.4 Å². The van der Waals surface area contributed by atoms with Gasteiger partial charge in [0.05, 0.1) is 0 Å². The molecule has 5 nitrogen and oxygen atoms in total. The maximum Gasteiger partial charge on any atom is 0.224 e. The first-order valence-corrected chi connectivity index (χ1v) is 10.8. The Hall–Kier alpha value is -1.56. The Morgan fingerprint density at radius 3 is 2.88 bits per heavy atom. The monoisotopic (exact) mass is 376 g/mol.